The zero-order valence-corrected chi connectivity index (χ0v) is 27.8. The SMILES string of the molecule is COC(=O)N[C@H](C(=O)N1CCC[C@H]1c1nc2ccc3cc(C#Cc4ccc5nc([C@@H]6CC[C@H](C)N6)[nH]c5c4)ccc3c2[nH]1)C1CCOCC1. The second-order valence-electron chi connectivity index (χ2n) is 13.6. The van der Waals surface area contributed by atoms with Crippen molar-refractivity contribution in [2.75, 3.05) is 26.9 Å². The Morgan fingerprint density at radius 1 is 0.939 bits per heavy atom. The molecule has 4 atom stereocenters. The van der Waals surface area contributed by atoms with Crippen LogP contribution >= 0.6 is 0 Å². The van der Waals surface area contributed by atoms with Gasteiger partial charge in [0.25, 0.3) is 0 Å². The summed E-state index contributed by atoms with van der Waals surface area (Å²) in [6, 6.07) is 16.4. The molecule has 2 amide bonds. The van der Waals surface area contributed by atoms with Crippen LogP contribution in [0.15, 0.2) is 48.5 Å². The summed E-state index contributed by atoms with van der Waals surface area (Å²) in [6.45, 7) is 3.97. The Kier molecular flexibility index (Phi) is 8.43. The third-order valence-electron chi connectivity index (χ3n) is 10.4. The van der Waals surface area contributed by atoms with Crippen molar-refractivity contribution < 1.29 is 19.1 Å². The van der Waals surface area contributed by atoms with E-state index in [4.69, 9.17) is 19.4 Å². The first kappa shape index (κ1) is 31.4. The summed E-state index contributed by atoms with van der Waals surface area (Å²) < 4.78 is 10.4. The molecule has 8 rings (SSSR count). The molecule has 0 saturated carbocycles. The quantitative estimate of drug-likeness (QED) is 0.180. The van der Waals surface area contributed by atoms with E-state index in [2.05, 4.69) is 63.6 Å². The number of carbonyl (C=O) groups is 2. The lowest BCUT2D eigenvalue weighted by molar-refractivity contribution is -0.136. The molecule has 3 fully saturated rings. The van der Waals surface area contributed by atoms with Crippen molar-refractivity contribution in [1.29, 1.82) is 0 Å². The highest BCUT2D eigenvalue weighted by atomic mass is 16.5. The number of hydrogen-bond acceptors (Lipinski definition) is 7. The monoisotopic (exact) mass is 659 g/mol. The van der Waals surface area contributed by atoms with Crippen molar-refractivity contribution in [3.8, 4) is 11.8 Å². The molecule has 4 N–H and O–H groups in total. The van der Waals surface area contributed by atoms with Crippen LogP contribution in [0.25, 0.3) is 32.8 Å². The van der Waals surface area contributed by atoms with E-state index in [1.54, 1.807) is 0 Å². The van der Waals surface area contributed by atoms with Crippen molar-refractivity contribution in [1.82, 2.24) is 35.5 Å². The summed E-state index contributed by atoms with van der Waals surface area (Å²) in [5.41, 5.74) is 5.60. The summed E-state index contributed by atoms with van der Waals surface area (Å²) in [4.78, 5) is 44.9. The van der Waals surface area contributed by atoms with Crippen molar-refractivity contribution >= 4 is 44.8 Å². The summed E-state index contributed by atoms with van der Waals surface area (Å²) in [5, 5.41) is 8.53. The normalized spacial score (nSPS) is 22.0. The largest absolute Gasteiger partial charge is 0.453 e. The molecule has 0 unspecified atom stereocenters. The van der Waals surface area contributed by atoms with Gasteiger partial charge in [-0.15, -0.1) is 0 Å². The molecule has 11 nitrogen and oxygen atoms in total. The second kappa shape index (κ2) is 13.2. The third-order valence-corrected chi connectivity index (χ3v) is 10.4. The second-order valence-corrected chi connectivity index (χ2v) is 13.6. The Morgan fingerprint density at radius 3 is 2.51 bits per heavy atom. The number of fused-ring (bicyclic) bond motifs is 4. The number of aromatic amines is 2. The number of carbonyl (C=O) groups excluding carboxylic acids is 2. The lowest BCUT2D eigenvalue weighted by Gasteiger charge is -2.34. The van der Waals surface area contributed by atoms with Gasteiger partial charge >= 0.3 is 6.09 Å². The molecule has 5 aromatic rings. The van der Waals surface area contributed by atoms with Crippen molar-refractivity contribution in [3.63, 3.8) is 0 Å². The Hall–Kier alpha value is -4.92. The lowest BCUT2D eigenvalue weighted by Crippen LogP contribution is -2.53. The highest BCUT2D eigenvalue weighted by Gasteiger charge is 2.40. The van der Waals surface area contributed by atoms with Crippen molar-refractivity contribution in [3.05, 3.63) is 71.3 Å². The number of H-pyrrole nitrogens is 2. The summed E-state index contributed by atoms with van der Waals surface area (Å²) in [6.07, 6.45) is 4.73. The molecule has 0 bridgehead atoms. The number of nitrogens with one attached hydrogen (secondary N) is 4. The van der Waals surface area contributed by atoms with Crippen LogP contribution in [0.5, 0.6) is 0 Å². The molecule has 5 heterocycles. The highest BCUT2D eigenvalue weighted by Crippen LogP contribution is 2.35. The van der Waals surface area contributed by atoms with Gasteiger partial charge in [-0.2, -0.15) is 0 Å². The van der Waals surface area contributed by atoms with E-state index < -0.39 is 12.1 Å². The van der Waals surface area contributed by atoms with Gasteiger partial charge in [0.1, 0.15) is 17.7 Å². The molecular formula is C38H41N7O4. The fourth-order valence-electron chi connectivity index (χ4n) is 7.73. The van der Waals surface area contributed by atoms with Crippen LogP contribution in [-0.4, -0.2) is 75.8 Å². The van der Waals surface area contributed by atoms with E-state index in [0.717, 1.165) is 81.3 Å². The summed E-state index contributed by atoms with van der Waals surface area (Å²) in [7, 11) is 1.32. The number of aromatic nitrogens is 4. The van der Waals surface area contributed by atoms with E-state index in [9.17, 15) is 9.59 Å². The first-order valence-electron chi connectivity index (χ1n) is 17.4. The molecular weight excluding hydrogens is 618 g/mol. The Balaban J connectivity index is 1.03. The van der Waals surface area contributed by atoms with Gasteiger partial charge in [0, 0.05) is 42.3 Å². The maximum absolute atomic E-state index is 14.0. The molecule has 0 aliphatic carbocycles. The zero-order valence-electron chi connectivity index (χ0n) is 27.8. The van der Waals surface area contributed by atoms with Crippen LogP contribution in [-0.2, 0) is 14.3 Å². The molecule has 49 heavy (non-hydrogen) atoms. The number of rotatable bonds is 5. The van der Waals surface area contributed by atoms with Gasteiger partial charge < -0.3 is 35.0 Å². The molecule has 2 aromatic heterocycles. The molecule has 252 valence electrons. The number of methoxy groups -OCH3 is 1. The van der Waals surface area contributed by atoms with E-state index in [1.807, 2.05) is 29.2 Å². The Bertz CT molecular complexity index is 2100. The lowest BCUT2D eigenvalue weighted by atomic mass is 9.90. The van der Waals surface area contributed by atoms with Gasteiger partial charge in [0.05, 0.1) is 41.3 Å². The predicted molar refractivity (Wildman–Crippen MR) is 187 cm³/mol. The minimum Gasteiger partial charge on any atom is -0.453 e. The topological polar surface area (TPSA) is 137 Å². The molecule has 11 heteroatoms. The van der Waals surface area contributed by atoms with E-state index >= 15 is 0 Å². The number of likely N-dealkylation sites (tertiary alicyclic amines) is 1. The van der Waals surface area contributed by atoms with E-state index in [1.165, 1.54) is 7.11 Å². The minimum atomic E-state index is -0.668. The summed E-state index contributed by atoms with van der Waals surface area (Å²) in [5.74, 6) is 8.32. The van der Waals surface area contributed by atoms with Gasteiger partial charge in [-0.1, -0.05) is 24.0 Å². The first-order chi connectivity index (χ1) is 23.9. The molecule has 0 spiro atoms. The van der Waals surface area contributed by atoms with Crippen LogP contribution in [0.4, 0.5) is 4.79 Å². The average molecular weight is 660 g/mol. The van der Waals surface area contributed by atoms with Gasteiger partial charge in [0.15, 0.2) is 0 Å². The molecule has 0 radical (unpaired) electrons. The molecule has 3 saturated heterocycles. The van der Waals surface area contributed by atoms with Crippen LogP contribution < -0.4 is 10.6 Å². The fraction of sp³-hybridized carbons (Fsp3) is 0.421. The van der Waals surface area contributed by atoms with Crippen LogP contribution in [0.2, 0.25) is 0 Å². The maximum atomic E-state index is 14.0. The number of amides is 2. The minimum absolute atomic E-state index is 0.0112. The summed E-state index contributed by atoms with van der Waals surface area (Å²) >= 11 is 0. The zero-order chi connectivity index (χ0) is 33.5. The van der Waals surface area contributed by atoms with E-state index in [0.29, 0.717) is 38.6 Å². The number of hydrogen-bond donors (Lipinski definition) is 4. The van der Waals surface area contributed by atoms with Gasteiger partial charge in [-0.05, 0) is 93.2 Å². The molecule has 3 aliphatic rings. The molecule has 3 aromatic carbocycles. The maximum Gasteiger partial charge on any atom is 0.407 e. The Morgan fingerprint density at radius 2 is 1.71 bits per heavy atom. The van der Waals surface area contributed by atoms with Crippen LogP contribution in [0.1, 0.15) is 80.3 Å². The fourth-order valence-corrected chi connectivity index (χ4v) is 7.73. The van der Waals surface area contributed by atoms with Gasteiger partial charge in [-0.25, -0.2) is 14.8 Å². The number of imidazole rings is 2. The smallest absolute Gasteiger partial charge is 0.407 e. The number of nitrogens with zero attached hydrogens (tertiary/aromatic N) is 3. The van der Waals surface area contributed by atoms with E-state index in [-0.39, 0.29) is 23.9 Å². The van der Waals surface area contributed by atoms with Crippen molar-refractivity contribution in [2.45, 2.75) is 69.6 Å². The van der Waals surface area contributed by atoms with Crippen molar-refractivity contribution in [2.24, 2.45) is 5.92 Å². The number of ether oxygens (including phenoxy) is 2. The number of alkyl carbamates (subject to hydrolysis) is 1. The number of benzene rings is 3. The third kappa shape index (κ3) is 6.22. The van der Waals surface area contributed by atoms with Crippen LogP contribution in [0.3, 0.4) is 0 Å². The average Bonchev–Trinajstić information content (AvgIpc) is 3.95. The predicted octanol–water partition coefficient (Wildman–Crippen LogP) is 5.62. The van der Waals surface area contributed by atoms with Gasteiger partial charge in [-0.3, -0.25) is 4.79 Å². The Labute approximate surface area is 284 Å². The van der Waals surface area contributed by atoms with Gasteiger partial charge in [0.2, 0.25) is 5.91 Å². The van der Waals surface area contributed by atoms with Crippen LogP contribution in [0, 0.1) is 17.8 Å². The highest BCUT2D eigenvalue weighted by molar-refractivity contribution is 6.04. The standard InChI is InChI=1S/C38H41N7O4/c1-22-5-12-30(39-22)35-40-28-13-9-24(21-31(28)42-35)7-6-23-8-11-27-26(20-23)10-14-29-34(27)43-36(41-29)32-4-3-17-45(32)37(46)33(44-38(47)48-2)25-15-18-49-19-16-25/h8-11,13-14,20-22,25,30,32-33,39H,3-5,12,15-19H2,1-2H3,(H,40,42)(H,41,43)(H,44,47)/t22-,30-,32-,33-/m0/s1. The molecule has 3 aliphatic heterocycles. The first-order valence-corrected chi connectivity index (χ1v) is 17.4.